The van der Waals surface area contributed by atoms with Gasteiger partial charge in [-0.15, -0.1) is 0 Å². The maximum Gasteiger partial charge on any atom is 0.261 e. The molecule has 0 atom stereocenters. The number of benzene rings is 1. The minimum atomic E-state index is -0.401. The van der Waals surface area contributed by atoms with E-state index in [9.17, 15) is 9.18 Å². The summed E-state index contributed by atoms with van der Waals surface area (Å²) in [4.78, 5) is 12.1. The number of pyridine rings is 1. The molecule has 19 heavy (non-hydrogen) atoms. The first-order chi connectivity index (χ1) is 9.11. The molecule has 0 radical (unpaired) electrons. The van der Waals surface area contributed by atoms with Gasteiger partial charge in [-0.2, -0.15) is 0 Å². The molecule has 2 aromatic rings. The van der Waals surface area contributed by atoms with Crippen molar-refractivity contribution in [2.45, 2.75) is 6.54 Å². The molecule has 0 fully saturated rings. The summed E-state index contributed by atoms with van der Waals surface area (Å²) in [5.74, 6) is -0.614. The van der Waals surface area contributed by atoms with Crippen LogP contribution in [0.1, 0.15) is 11.1 Å². The quantitative estimate of drug-likeness (QED) is 0.376. The van der Waals surface area contributed by atoms with Gasteiger partial charge in [0.15, 0.2) is 5.84 Å². The summed E-state index contributed by atoms with van der Waals surface area (Å²) in [6.45, 7) is 0.211. The maximum absolute atomic E-state index is 13.1. The second kappa shape index (κ2) is 5.34. The third kappa shape index (κ3) is 2.79. The average molecular weight is 261 g/mol. The lowest BCUT2D eigenvalue weighted by molar-refractivity contribution is 0.318. The lowest BCUT2D eigenvalue weighted by atomic mass is 10.2. The fourth-order valence-corrected chi connectivity index (χ4v) is 1.74. The molecular formula is C13H12FN3O2. The molecule has 3 N–H and O–H groups in total. The predicted octanol–water partition coefficient (Wildman–Crippen LogP) is 1.13. The third-order valence-corrected chi connectivity index (χ3v) is 2.65. The predicted molar refractivity (Wildman–Crippen MR) is 68.7 cm³/mol. The summed E-state index contributed by atoms with van der Waals surface area (Å²) in [5, 5.41) is 11.4. The van der Waals surface area contributed by atoms with E-state index >= 15 is 0 Å². The summed E-state index contributed by atoms with van der Waals surface area (Å²) >= 11 is 0. The number of halogens is 1. The van der Waals surface area contributed by atoms with Gasteiger partial charge in [0.05, 0.1) is 12.1 Å². The van der Waals surface area contributed by atoms with E-state index in [0.29, 0.717) is 5.56 Å². The largest absolute Gasteiger partial charge is 0.409 e. The monoisotopic (exact) mass is 261 g/mol. The van der Waals surface area contributed by atoms with Gasteiger partial charge in [0.1, 0.15) is 5.82 Å². The number of hydrogen-bond acceptors (Lipinski definition) is 3. The van der Waals surface area contributed by atoms with Crippen LogP contribution in [0.25, 0.3) is 0 Å². The fourth-order valence-electron chi connectivity index (χ4n) is 1.74. The van der Waals surface area contributed by atoms with Crippen molar-refractivity contribution >= 4 is 5.84 Å². The van der Waals surface area contributed by atoms with Crippen LogP contribution in [0.4, 0.5) is 4.39 Å². The van der Waals surface area contributed by atoms with Crippen LogP contribution in [0, 0.1) is 5.82 Å². The van der Waals surface area contributed by atoms with Crippen LogP contribution in [0.5, 0.6) is 0 Å². The number of amidine groups is 1. The Labute approximate surface area is 108 Å². The van der Waals surface area contributed by atoms with Crippen LogP contribution in [0.2, 0.25) is 0 Å². The van der Waals surface area contributed by atoms with Gasteiger partial charge in [-0.25, -0.2) is 4.39 Å². The van der Waals surface area contributed by atoms with Gasteiger partial charge < -0.3 is 15.5 Å². The van der Waals surface area contributed by atoms with Crippen molar-refractivity contribution in [3.63, 3.8) is 0 Å². The van der Waals surface area contributed by atoms with E-state index in [1.165, 1.54) is 22.8 Å². The first kappa shape index (κ1) is 12.8. The molecule has 0 spiro atoms. The Morgan fingerprint density at radius 3 is 2.84 bits per heavy atom. The van der Waals surface area contributed by atoms with E-state index in [-0.39, 0.29) is 23.8 Å². The van der Waals surface area contributed by atoms with Crippen molar-refractivity contribution < 1.29 is 9.60 Å². The van der Waals surface area contributed by atoms with Crippen molar-refractivity contribution in [3.05, 3.63) is 69.9 Å². The molecule has 6 heteroatoms. The second-order valence-electron chi connectivity index (χ2n) is 3.97. The van der Waals surface area contributed by atoms with E-state index in [4.69, 9.17) is 10.9 Å². The number of hydrogen-bond donors (Lipinski definition) is 2. The maximum atomic E-state index is 13.1. The van der Waals surface area contributed by atoms with Crippen molar-refractivity contribution in [1.29, 1.82) is 0 Å². The van der Waals surface area contributed by atoms with Crippen LogP contribution in [-0.4, -0.2) is 15.6 Å². The fraction of sp³-hybridized carbons (Fsp3) is 0.0769. The van der Waals surface area contributed by atoms with Crippen molar-refractivity contribution in [2.24, 2.45) is 10.9 Å². The molecule has 0 aliphatic carbocycles. The van der Waals surface area contributed by atoms with Gasteiger partial charge in [-0.1, -0.05) is 17.3 Å². The summed E-state index contributed by atoms with van der Waals surface area (Å²) in [7, 11) is 0. The van der Waals surface area contributed by atoms with Crippen LogP contribution in [-0.2, 0) is 6.54 Å². The molecule has 0 saturated carbocycles. The molecular weight excluding hydrogens is 249 g/mol. The van der Waals surface area contributed by atoms with Crippen LogP contribution in [0.15, 0.2) is 52.5 Å². The summed E-state index contributed by atoms with van der Waals surface area (Å²) in [6, 6.07) is 9.03. The van der Waals surface area contributed by atoms with E-state index in [1.54, 1.807) is 24.4 Å². The Balaban J connectivity index is 2.39. The van der Waals surface area contributed by atoms with Gasteiger partial charge in [0, 0.05) is 6.20 Å². The lowest BCUT2D eigenvalue weighted by Gasteiger charge is -2.07. The van der Waals surface area contributed by atoms with Gasteiger partial charge >= 0.3 is 0 Å². The van der Waals surface area contributed by atoms with Gasteiger partial charge in [0.2, 0.25) is 0 Å². The highest BCUT2D eigenvalue weighted by Gasteiger charge is 2.08. The molecule has 0 amide bonds. The van der Waals surface area contributed by atoms with Gasteiger partial charge in [-0.3, -0.25) is 4.79 Å². The van der Waals surface area contributed by atoms with Crippen molar-refractivity contribution in [2.75, 3.05) is 0 Å². The first-order valence-electron chi connectivity index (χ1n) is 5.53. The second-order valence-corrected chi connectivity index (χ2v) is 3.97. The minimum Gasteiger partial charge on any atom is -0.409 e. The molecule has 0 unspecified atom stereocenters. The summed E-state index contributed by atoms with van der Waals surface area (Å²) < 4.78 is 14.4. The molecule has 0 bridgehead atoms. The van der Waals surface area contributed by atoms with E-state index < -0.39 is 5.56 Å². The highest BCUT2D eigenvalue weighted by molar-refractivity contribution is 5.96. The van der Waals surface area contributed by atoms with E-state index in [1.807, 2.05) is 0 Å². The normalized spacial score (nSPS) is 11.5. The van der Waals surface area contributed by atoms with Crippen LogP contribution >= 0.6 is 0 Å². The number of nitrogens with zero attached hydrogens (tertiary/aromatic N) is 2. The Morgan fingerprint density at radius 1 is 1.37 bits per heavy atom. The zero-order chi connectivity index (χ0) is 13.8. The number of aromatic nitrogens is 1. The molecule has 0 saturated heterocycles. The highest BCUT2D eigenvalue weighted by atomic mass is 19.1. The molecule has 2 rings (SSSR count). The standard InChI is InChI=1S/C13H12FN3O2/c14-10-4-1-3-9(7-10)8-17-6-2-5-11(13(17)18)12(15)16-19/h1-7,19H,8H2,(H2,15,16). The van der Waals surface area contributed by atoms with Crippen molar-refractivity contribution in [3.8, 4) is 0 Å². The number of rotatable bonds is 3. The Bertz CT molecular complexity index is 680. The number of oxime groups is 1. The number of nitrogens with two attached hydrogens (primary N) is 1. The zero-order valence-corrected chi connectivity index (χ0v) is 9.95. The zero-order valence-electron chi connectivity index (χ0n) is 9.95. The highest BCUT2D eigenvalue weighted by Crippen LogP contribution is 2.05. The van der Waals surface area contributed by atoms with E-state index in [2.05, 4.69) is 5.16 Å². The smallest absolute Gasteiger partial charge is 0.261 e. The molecule has 1 aromatic carbocycles. The van der Waals surface area contributed by atoms with E-state index in [0.717, 1.165) is 0 Å². The first-order valence-corrected chi connectivity index (χ1v) is 5.53. The topological polar surface area (TPSA) is 80.6 Å². The Morgan fingerprint density at radius 2 is 2.16 bits per heavy atom. The van der Waals surface area contributed by atoms with Gasteiger partial charge in [0.25, 0.3) is 5.56 Å². The lowest BCUT2D eigenvalue weighted by Crippen LogP contribution is -2.29. The van der Waals surface area contributed by atoms with Crippen LogP contribution in [0.3, 0.4) is 0 Å². The Kier molecular flexibility index (Phi) is 3.61. The molecule has 5 nitrogen and oxygen atoms in total. The molecule has 98 valence electrons. The Hall–Kier alpha value is -2.63. The summed E-state index contributed by atoms with van der Waals surface area (Å²) in [6.07, 6.45) is 1.56. The molecule has 0 aliphatic rings. The summed E-state index contributed by atoms with van der Waals surface area (Å²) in [5.41, 5.74) is 5.76. The van der Waals surface area contributed by atoms with Gasteiger partial charge in [-0.05, 0) is 29.8 Å². The molecule has 0 aliphatic heterocycles. The average Bonchev–Trinajstić information content (AvgIpc) is 2.40. The van der Waals surface area contributed by atoms with Crippen molar-refractivity contribution in [1.82, 2.24) is 4.57 Å². The van der Waals surface area contributed by atoms with Crippen LogP contribution < -0.4 is 11.3 Å². The third-order valence-electron chi connectivity index (χ3n) is 2.65. The molecule has 1 heterocycles. The SMILES string of the molecule is N/C(=N/O)c1cccn(Cc2cccc(F)c2)c1=O. The molecule has 1 aromatic heterocycles. The minimum absolute atomic E-state index is 0.0985.